The highest BCUT2D eigenvalue weighted by atomic mass is 33.1. The monoisotopic (exact) mass is 203 g/mol. The summed E-state index contributed by atoms with van der Waals surface area (Å²) in [5.74, 6) is 1.20. The summed E-state index contributed by atoms with van der Waals surface area (Å²) in [5.41, 5.74) is 0. The van der Waals surface area contributed by atoms with E-state index >= 15 is 0 Å². The van der Waals surface area contributed by atoms with Crippen LogP contribution in [0.15, 0.2) is 0 Å². The highest BCUT2D eigenvalue weighted by molar-refractivity contribution is 8.77. The fourth-order valence-electron chi connectivity index (χ4n) is 1.28. The van der Waals surface area contributed by atoms with Crippen LogP contribution in [-0.4, -0.2) is 17.3 Å². The Labute approximate surface area is 82.5 Å². The first-order valence-corrected chi connectivity index (χ1v) is 6.97. The molecule has 0 N–H and O–H groups in total. The lowest BCUT2D eigenvalue weighted by Crippen LogP contribution is -2.03. The Bertz CT molecular complexity index is 118. The van der Waals surface area contributed by atoms with E-state index in [-0.39, 0.29) is 5.25 Å². The summed E-state index contributed by atoms with van der Waals surface area (Å²) in [4.78, 5) is 10.5. The third-order valence-corrected chi connectivity index (χ3v) is 4.77. The number of rotatable bonds is 1. The first-order chi connectivity index (χ1) is 5.93. The molecule has 0 aromatic heterocycles. The van der Waals surface area contributed by atoms with Crippen LogP contribution in [0.2, 0.25) is 0 Å². The minimum Gasteiger partial charge on any atom is -0.290 e. The lowest BCUT2D eigenvalue weighted by Gasteiger charge is -2.10. The number of hydrogen-bond acceptors (Lipinski definition) is 3. The topological polar surface area (TPSA) is 17.1 Å². The molecular formula is C9H15OS2. The van der Waals surface area contributed by atoms with Gasteiger partial charge in [-0.3, -0.25) is 4.79 Å². The van der Waals surface area contributed by atoms with Crippen molar-refractivity contribution >= 4 is 27.9 Å². The second-order valence-electron chi connectivity index (χ2n) is 3.08. The van der Waals surface area contributed by atoms with Crippen molar-refractivity contribution in [3.8, 4) is 0 Å². The average Bonchev–Trinajstić information content (AvgIpc) is 2.14. The van der Waals surface area contributed by atoms with Gasteiger partial charge in [-0.15, -0.1) is 0 Å². The molecule has 1 radical (unpaired) electrons. The Balaban J connectivity index is 2.21. The van der Waals surface area contributed by atoms with Crippen LogP contribution >= 0.6 is 21.6 Å². The Hall–Kier alpha value is 0.370. The van der Waals surface area contributed by atoms with Gasteiger partial charge < -0.3 is 0 Å². The van der Waals surface area contributed by atoms with E-state index in [9.17, 15) is 4.79 Å². The first-order valence-electron chi connectivity index (χ1n) is 4.59. The van der Waals surface area contributed by atoms with E-state index in [0.717, 1.165) is 6.42 Å². The maximum atomic E-state index is 10.5. The molecule has 0 saturated carbocycles. The van der Waals surface area contributed by atoms with Crippen molar-refractivity contribution < 1.29 is 4.79 Å². The lowest BCUT2D eigenvalue weighted by atomic mass is 10.1. The van der Waals surface area contributed by atoms with E-state index in [4.69, 9.17) is 0 Å². The lowest BCUT2D eigenvalue weighted by molar-refractivity contribution is 0.544. The van der Waals surface area contributed by atoms with Gasteiger partial charge in [-0.2, -0.15) is 0 Å². The largest absolute Gasteiger partial charge is 0.290 e. The van der Waals surface area contributed by atoms with Crippen LogP contribution in [0, 0.1) is 0 Å². The van der Waals surface area contributed by atoms with Crippen LogP contribution in [0.5, 0.6) is 0 Å². The van der Waals surface area contributed by atoms with E-state index in [1.54, 1.807) is 10.8 Å². The average molecular weight is 203 g/mol. The second kappa shape index (κ2) is 6.84. The van der Waals surface area contributed by atoms with Gasteiger partial charge in [-0.25, -0.2) is 0 Å². The highest BCUT2D eigenvalue weighted by Crippen LogP contribution is 2.31. The Kier molecular flexibility index (Phi) is 5.96. The molecule has 0 aliphatic carbocycles. The minimum atomic E-state index is 0.132. The van der Waals surface area contributed by atoms with E-state index in [1.165, 1.54) is 37.9 Å². The minimum absolute atomic E-state index is 0.132. The molecular weight excluding hydrogens is 188 g/mol. The molecule has 1 aliphatic heterocycles. The molecule has 1 nitrogen and oxygen atoms in total. The summed E-state index contributed by atoms with van der Waals surface area (Å²) in [5, 5.41) is 0.132. The van der Waals surface area contributed by atoms with Gasteiger partial charge in [0.05, 0.1) is 5.25 Å². The molecule has 1 rings (SSSR count). The molecule has 0 bridgehead atoms. The molecule has 0 amide bonds. The summed E-state index contributed by atoms with van der Waals surface area (Å²) < 4.78 is 0. The van der Waals surface area contributed by atoms with E-state index in [1.807, 2.05) is 10.8 Å². The van der Waals surface area contributed by atoms with Crippen molar-refractivity contribution in [2.75, 3.05) is 5.75 Å². The van der Waals surface area contributed by atoms with Crippen molar-refractivity contribution in [3.05, 3.63) is 0 Å². The number of hydrogen-bond donors (Lipinski definition) is 0. The molecule has 0 aromatic carbocycles. The molecule has 69 valence electrons. The fourth-order valence-corrected chi connectivity index (χ4v) is 3.70. The zero-order valence-corrected chi connectivity index (χ0v) is 8.88. The van der Waals surface area contributed by atoms with Gasteiger partial charge in [0.2, 0.25) is 6.29 Å². The third kappa shape index (κ3) is 4.41. The Morgan fingerprint density at radius 1 is 1.08 bits per heavy atom. The van der Waals surface area contributed by atoms with Crippen molar-refractivity contribution in [1.82, 2.24) is 0 Å². The predicted octanol–water partition coefficient (Wildman–Crippen LogP) is 3.20. The van der Waals surface area contributed by atoms with Crippen molar-refractivity contribution in [3.63, 3.8) is 0 Å². The standard InChI is InChI=1S/C9H15OS2/c10-8-9-6-4-2-1-3-5-7-11-12-9/h9H,1-7H2. The molecule has 3 heteroatoms. The van der Waals surface area contributed by atoms with Gasteiger partial charge in [-0.1, -0.05) is 47.3 Å². The molecule has 1 saturated heterocycles. The fraction of sp³-hybridized carbons (Fsp3) is 0.889. The molecule has 1 heterocycles. The van der Waals surface area contributed by atoms with E-state index < -0.39 is 0 Å². The molecule has 1 aliphatic rings. The van der Waals surface area contributed by atoms with Crippen LogP contribution in [0.3, 0.4) is 0 Å². The van der Waals surface area contributed by atoms with Crippen molar-refractivity contribution in [2.24, 2.45) is 0 Å². The molecule has 1 fully saturated rings. The zero-order chi connectivity index (χ0) is 8.65. The Morgan fingerprint density at radius 3 is 2.67 bits per heavy atom. The van der Waals surface area contributed by atoms with Crippen LogP contribution in [-0.2, 0) is 4.79 Å². The molecule has 0 aromatic rings. The Morgan fingerprint density at radius 2 is 1.83 bits per heavy atom. The molecule has 12 heavy (non-hydrogen) atoms. The maximum absolute atomic E-state index is 10.5. The third-order valence-electron chi connectivity index (χ3n) is 2.01. The van der Waals surface area contributed by atoms with Gasteiger partial charge in [0.25, 0.3) is 0 Å². The van der Waals surface area contributed by atoms with Crippen LogP contribution in [0.4, 0.5) is 0 Å². The van der Waals surface area contributed by atoms with Crippen LogP contribution in [0.1, 0.15) is 38.5 Å². The molecule has 0 spiro atoms. The van der Waals surface area contributed by atoms with E-state index in [0.29, 0.717) is 0 Å². The van der Waals surface area contributed by atoms with Gasteiger partial charge in [0.1, 0.15) is 0 Å². The summed E-state index contributed by atoms with van der Waals surface area (Å²) in [7, 11) is 3.55. The van der Waals surface area contributed by atoms with E-state index in [2.05, 4.69) is 6.29 Å². The predicted molar refractivity (Wildman–Crippen MR) is 57.2 cm³/mol. The van der Waals surface area contributed by atoms with Crippen LogP contribution in [0.25, 0.3) is 0 Å². The van der Waals surface area contributed by atoms with Crippen LogP contribution < -0.4 is 0 Å². The van der Waals surface area contributed by atoms with Crippen molar-refractivity contribution in [2.45, 2.75) is 43.8 Å². The normalized spacial score (nSPS) is 27.8. The van der Waals surface area contributed by atoms with Crippen molar-refractivity contribution in [1.29, 1.82) is 0 Å². The SMILES string of the molecule is O=[C]C1CCCCCCCSS1. The maximum Gasteiger partial charge on any atom is 0.213 e. The zero-order valence-electron chi connectivity index (χ0n) is 7.25. The van der Waals surface area contributed by atoms with Gasteiger partial charge in [0, 0.05) is 5.75 Å². The first kappa shape index (κ1) is 10.5. The quantitative estimate of drug-likeness (QED) is 0.609. The summed E-state index contributed by atoms with van der Waals surface area (Å²) in [6.07, 6.45) is 9.65. The molecule has 1 unspecified atom stereocenters. The molecule has 1 atom stereocenters. The summed E-state index contributed by atoms with van der Waals surface area (Å²) in [6.45, 7) is 0. The van der Waals surface area contributed by atoms with Gasteiger partial charge in [-0.05, 0) is 12.8 Å². The second-order valence-corrected chi connectivity index (χ2v) is 5.77. The van der Waals surface area contributed by atoms with Gasteiger partial charge in [0.15, 0.2) is 0 Å². The highest BCUT2D eigenvalue weighted by Gasteiger charge is 2.10. The number of carbonyl (C=O) groups excluding carboxylic acids is 1. The summed E-state index contributed by atoms with van der Waals surface area (Å²) in [6, 6.07) is 0. The smallest absolute Gasteiger partial charge is 0.213 e. The van der Waals surface area contributed by atoms with Gasteiger partial charge >= 0.3 is 0 Å². The summed E-state index contributed by atoms with van der Waals surface area (Å²) >= 11 is 0.